The van der Waals surface area contributed by atoms with Crippen molar-refractivity contribution >= 4 is 0 Å². The molecule has 1 aromatic heterocycles. The minimum atomic E-state index is 0.288. The minimum Gasteiger partial charge on any atom is -0.497 e. The molecule has 21 heavy (non-hydrogen) atoms. The Morgan fingerprint density at radius 1 is 1.24 bits per heavy atom. The van der Waals surface area contributed by atoms with E-state index in [1.807, 2.05) is 35.0 Å². The lowest BCUT2D eigenvalue weighted by atomic mass is 10.2. The number of hydrogen-bond acceptors (Lipinski definition) is 4. The van der Waals surface area contributed by atoms with Crippen molar-refractivity contribution in [1.82, 2.24) is 14.7 Å². The molecule has 0 unspecified atom stereocenters. The number of methoxy groups -OCH3 is 1. The highest BCUT2D eigenvalue weighted by Gasteiger charge is 2.11. The predicted molar refractivity (Wildman–Crippen MR) is 80.5 cm³/mol. The molecule has 0 radical (unpaired) electrons. The van der Waals surface area contributed by atoms with Crippen molar-refractivity contribution < 1.29 is 4.74 Å². The van der Waals surface area contributed by atoms with Gasteiger partial charge in [-0.15, -0.1) is 0 Å². The van der Waals surface area contributed by atoms with Crippen molar-refractivity contribution in [2.45, 2.75) is 33.0 Å². The first-order chi connectivity index (χ1) is 10.1. The number of ether oxygens (including phenoxy) is 1. The Morgan fingerprint density at radius 2 is 1.95 bits per heavy atom. The maximum atomic E-state index is 9.34. The van der Waals surface area contributed by atoms with Gasteiger partial charge in [0.25, 0.3) is 0 Å². The fourth-order valence-corrected chi connectivity index (χ4v) is 2.21. The number of aromatic nitrogens is 2. The number of rotatable bonds is 6. The van der Waals surface area contributed by atoms with Crippen molar-refractivity contribution in [2.24, 2.45) is 0 Å². The SMILES string of the molecule is COc1ccc(CN(C#N)Cc2ccnn2C(C)C)cc1. The van der Waals surface area contributed by atoms with Crippen LogP contribution in [0.2, 0.25) is 0 Å². The molecule has 5 nitrogen and oxygen atoms in total. The number of nitrogens with zero attached hydrogens (tertiary/aromatic N) is 4. The van der Waals surface area contributed by atoms with Crippen LogP contribution in [0.3, 0.4) is 0 Å². The van der Waals surface area contributed by atoms with E-state index in [2.05, 4.69) is 25.1 Å². The normalized spacial score (nSPS) is 10.4. The molecule has 0 spiro atoms. The minimum absolute atomic E-state index is 0.288. The molecular weight excluding hydrogens is 264 g/mol. The molecule has 0 atom stereocenters. The van der Waals surface area contributed by atoms with Gasteiger partial charge in [-0.05, 0) is 37.6 Å². The molecule has 0 aliphatic rings. The Labute approximate surface area is 125 Å². The quantitative estimate of drug-likeness (QED) is 0.604. The summed E-state index contributed by atoms with van der Waals surface area (Å²) in [5.41, 5.74) is 2.12. The summed E-state index contributed by atoms with van der Waals surface area (Å²) in [6, 6.07) is 10.0. The summed E-state index contributed by atoms with van der Waals surface area (Å²) >= 11 is 0. The van der Waals surface area contributed by atoms with Gasteiger partial charge in [-0.3, -0.25) is 4.68 Å². The lowest BCUT2D eigenvalue weighted by Gasteiger charge is -2.18. The zero-order valence-corrected chi connectivity index (χ0v) is 12.7. The van der Waals surface area contributed by atoms with Crippen LogP contribution in [-0.2, 0) is 13.1 Å². The molecule has 110 valence electrons. The molecule has 0 fully saturated rings. The van der Waals surface area contributed by atoms with Crippen LogP contribution in [0, 0.1) is 11.5 Å². The molecule has 0 saturated carbocycles. The third-order valence-electron chi connectivity index (χ3n) is 3.27. The fourth-order valence-electron chi connectivity index (χ4n) is 2.21. The maximum absolute atomic E-state index is 9.34. The van der Waals surface area contributed by atoms with E-state index in [4.69, 9.17) is 4.74 Å². The van der Waals surface area contributed by atoms with E-state index in [1.54, 1.807) is 18.2 Å². The van der Waals surface area contributed by atoms with Crippen molar-refractivity contribution in [3.05, 3.63) is 47.8 Å². The molecule has 0 aliphatic heterocycles. The average molecular weight is 284 g/mol. The Hall–Kier alpha value is -2.48. The highest BCUT2D eigenvalue weighted by atomic mass is 16.5. The van der Waals surface area contributed by atoms with E-state index in [0.717, 1.165) is 17.0 Å². The predicted octanol–water partition coefficient (Wildman–Crippen LogP) is 2.96. The lowest BCUT2D eigenvalue weighted by molar-refractivity contribution is 0.354. The van der Waals surface area contributed by atoms with Crippen LogP contribution >= 0.6 is 0 Å². The van der Waals surface area contributed by atoms with Crippen molar-refractivity contribution in [2.75, 3.05) is 7.11 Å². The van der Waals surface area contributed by atoms with Crippen molar-refractivity contribution in [3.63, 3.8) is 0 Å². The second kappa shape index (κ2) is 6.80. The highest BCUT2D eigenvalue weighted by molar-refractivity contribution is 5.27. The Balaban J connectivity index is 2.06. The standard InChI is InChI=1S/C16H20N4O/c1-13(2)20-15(8-9-18-20)11-19(12-17)10-14-4-6-16(21-3)7-5-14/h4-9,13H,10-11H2,1-3H3. The monoisotopic (exact) mass is 284 g/mol. The molecule has 1 aromatic carbocycles. The summed E-state index contributed by atoms with van der Waals surface area (Å²) < 4.78 is 7.08. The van der Waals surface area contributed by atoms with E-state index in [9.17, 15) is 5.26 Å². The third kappa shape index (κ3) is 3.76. The first-order valence-corrected chi connectivity index (χ1v) is 6.94. The van der Waals surface area contributed by atoms with Crippen molar-refractivity contribution in [3.8, 4) is 11.9 Å². The Kier molecular flexibility index (Phi) is 4.83. The van der Waals surface area contributed by atoms with Gasteiger partial charge in [0.05, 0.1) is 25.9 Å². The zero-order valence-electron chi connectivity index (χ0n) is 12.7. The van der Waals surface area contributed by atoms with Crippen LogP contribution in [0.25, 0.3) is 0 Å². The van der Waals surface area contributed by atoms with E-state index in [0.29, 0.717) is 13.1 Å². The number of hydrogen-bond donors (Lipinski definition) is 0. The second-order valence-electron chi connectivity index (χ2n) is 5.16. The first-order valence-electron chi connectivity index (χ1n) is 6.94. The molecule has 0 saturated heterocycles. The maximum Gasteiger partial charge on any atom is 0.180 e. The van der Waals surface area contributed by atoms with Gasteiger partial charge in [0.2, 0.25) is 0 Å². The largest absolute Gasteiger partial charge is 0.497 e. The van der Waals surface area contributed by atoms with Gasteiger partial charge >= 0.3 is 0 Å². The summed E-state index contributed by atoms with van der Waals surface area (Å²) in [6.45, 7) is 5.29. The molecule has 0 amide bonds. The van der Waals surface area contributed by atoms with Crippen LogP contribution < -0.4 is 4.74 Å². The summed E-state index contributed by atoms with van der Waals surface area (Å²) in [5, 5.41) is 13.6. The molecular formula is C16H20N4O. The Bertz CT molecular complexity index is 610. The summed E-state index contributed by atoms with van der Waals surface area (Å²) in [5.74, 6) is 0.820. The number of nitriles is 1. The summed E-state index contributed by atoms with van der Waals surface area (Å²) in [4.78, 5) is 1.72. The molecule has 0 N–H and O–H groups in total. The molecule has 2 aromatic rings. The van der Waals surface area contributed by atoms with Crippen LogP contribution in [0.4, 0.5) is 0 Å². The summed E-state index contributed by atoms with van der Waals surface area (Å²) in [6.07, 6.45) is 4.02. The van der Waals surface area contributed by atoms with Gasteiger partial charge in [-0.2, -0.15) is 10.4 Å². The fraction of sp³-hybridized carbons (Fsp3) is 0.375. The van der Waals surface area contributed by atoms with E-state index in [-0.39, 0.29) is 6.04 Å². The average Bonchev–Trinajstić information content (AvgIpc) is 2.95. The molecule has 0 aliphatic carbocycles. The van der Waals surface area contributed by atoms with Gasteiger partial charge in [-0.25, -0.2) is 0 Å². The Morgan fingerprint density at radius 3 is 2.52 bits per heavy atom. The van der Waals surface area contributed by atoms with Gasteiger partial charge in [0, 0.05) is 12.2 Å². The zero-order chi connectivity index (χ0) is 15.2. The summed E-state index contributed by atoms with van der Waals surface area (Å²) in [7, 11) is 1.64. The lowest BCUT2D eigenvalue weighted by Crippen LogP contribution is -2.20. The van der Waals surface area contributed by atoms with E-state index in [1.165, 1.54) is 0 Å². The molecule has 5 heteroatoms. The molecule has 1 heterocycles. The topological polar surface area (TPSA) is 54.1 Å². The van der Waals surface area contributed by atoms with Crippen molar-refractivity contribution in [1.29, 1.82) is 5.26 Å². The molecule has 2 rings (SSSR count). The number of benzene rings is 1. The van der Waals surface area contributed by atoms with Crippen LogP contribution in [0.1, 0.15) is 31.1 Å². The van der Waals surface area contributed by atoms with Crippen LogP contribution in [0.15, 0.2) is 36.5 Å². The molecule has 0 bridgehead atoms. The second-order valence-corrected chi connectivity index (χ2v) is 5.16. The smallest absolute Gasteiger partial charge is 0.180 e. The van der Waals surface area contributed by atoms with Crippen LogP contribution in [-0.4, -0.2) is 21.8 Å². The first kappa shape index (κ1) is 14.9. The van der Waals surface area contributed by atoms with Crippen LogP contribution in [0.5, 0.6) is 5.75 Å². The third-order valence-corrected chi connectivity index (χ3v) is 3.27. The van der Waals surface area contributed by atoms with Gasteiger partial charge in [-0.1, -0.05) is 12.1 Å². The van der Waals surface area contributed by atoms with E-state index >= 15 is 0 Å². The van der Waals surface area contributed by atoms with Gasteiger partial charge in [0.15, 0.2) is 6.19 Å². The van der Waals surface area contributed by atoms with Gasteiger partial charge in [0.1, 0.15) is 5.75 Å². The van der Waals surface area contributed by atoms with E-state index < -0.39 is 0 Å². The highest BCUT2D eigenvalue weighted by Crippen LogP contribution is 2.15. The van der Waals surface area contributed by atoms with Gasteiger partial charge < -0.3 is 9.64 Å².